The van der Waals surface area contributed by atoms with E-state index in [1.165, 1.54) is 20.2 Å². The van der Waals surface area contributed by atoms with E-state index in [1.807, 2.05) is 0 Å². The van der Waals surface area contributed by atoms with Gasteiger partial charge in [-0.3, -0.25) is 10.1 Å². The molecule has 0 spiro atoms. The topological polar surface area (TPSA) is 80.5 Å². The van der Waals surface area contributed by atoms with E-state index in [4.69, 9.17) is 0 Å². The third-order valence-electron chi connectivity index (χ3n) is 2.45. The first-order valence-corrected chi connectivity index (χ1v) is 6.30. The lowest BCUT2D eigenvalue weighted by molar-refractivity contribution is -0.385. The second-order valence-corrected chi connectivity index (χ2v) is 6.07. The smallest absolute Gasteiger partial charge is 0.258 e. The van der Waals surface area contributed by atoms with Crippen LogP contribution in [0.1, 0.15) is 11.1 Å². The van der Waals surface area contributed by atoms with Crippen LogP contribution in [0.5, 0.6) is 0 Å². The van der Waals surface area contributed by atoms with Crippen molar-refractivity contribution in [1.82, 2.24) is 4.31 Å². The minimum Gasteiger partial charge on any atom is -0.258 e. The molecule has 0 unspecified atom stereocenters. The van der Waals surface area contributed by atoms with Crippen molar-refractivity contribution in [3.05, 3.63) is 33.4 Å². The Bertz CT molecular complexity index is 564. The summed E-state index contributed by atoms with van der Waals surface area (Å²) in [6.45, 7) is 3.20. The second kappa shape index (κ2) is 4.42. The van der Waals surface area contributed by atoms with Gasteiger partial charge in [0.05, 0.1) is 9.82 Å². The number of hydrogen-bond acceptors (Lipinski definition) is 4. The van der Waals surface area contributed by atoms with Crippen LogP contribution in [-0.4, -0.2) is 31.7 Å². The molecule has 6 nitrogen and oxygen atoms in total. The van der Waals surface area contributed by atoms with Crippen LogP contribution in [0.15, 0.2) is 17.0 Å². The van der Waals surface area contributed by atoms with Crippen molar-refractivity contribution in [1.29, 1.82) is 0 Å². The number of sulfonamides is 1. The molecule has 0 fully saturated rings. The summed E-state index contributed by atoms with van der Waals surface area (Å²) in [4.78, 5) is 10.2. The molecule has 0 aliphatic heterocycles. The fourth-order valence-electron chi connectivity index (χ4n) is 1.49. The van der Waals surface area contributed by atoms with E-state index in [0.29, 0.717) is 11.1 Å². The van der Waals surface area contributed by atoms with Gasteiger partial charge in [-0.05, 0) is 25.5 Å². The fraction of sp³-hybridized carbons (Fsp3) is 0.400. The van der Waals surface area contributed by atoms with Crippen molar-refractivity contribution in [3.8, 4) is 0 Å². The summed E-state index contributed by atoms with van der Waals surface area (Å²) in [7, 11) is -0.873. The van der Waals surface area contributed by atoms with Crippen molar-refractivity contribution in [2.75, 3.05) is 14.1 Å². The van der Waals surface area contributed by atoms with Gasteiger partial charge in [0, 0.05) is 25.7 Å². The van der Waals surface area contributed by atoms with Gasteiger partial charge in [0.25, 0.3) is 5.69 Å². The number of rotatable bonds is 3. The Morgan fingerprint density at radius 2 is 1.71 bits per heavy atom. The van der Waals surface area contributed by atoms with Crippen molar-refractivity contribution < 1.29 is 13.3 Å². The van der Waals surface area contributed by atoms with E-state index in [1.54, 1.807) is 13.8 Å². The third kappa shape index (κ3) is 2.45. The van der Waals surface area contributed by atoms with Crippen LogP contribution in [-0.2, 0) is 10.0 Å². The Hall–Kier alpha value is -1.47. The van der Waals surface area contributed by atoms with E-state index < -0.39 is 14.9 Å². The Labute approximate surface area is 100 Å². The van der Waals surface area contributed by atoms with Crippen LogP contribution in [0, 0.1) is 24.0 Å². The van der Waals surface area contributed by atoms with Crippen LogP contribution < -0.4 is 0 Å². The Morgan fingerprint density at radius 1 is 1.18 bits per heavy atom. The molecule has 0 saturated carbocycles. The molecule has 0 aliphatic carbocycles. The average molecular weight is 258 g/mol. The fourth-order valence-corrected chi connectivity index (χ4v) is 2.61. The molecule has 1 aromatic carbocycles. The predicted octanol–water partition coefficient (Wildman–Crippen LogP) is 1.46. The number of nitrogens with zero attached hydrogens (tertiary/aromatic N) is 2. The largest absolute Gasteiger partial charge is 0.273 e. The van der Waals surface area contributed by atoms with Gasteiger partial charge in [0.15, 0.2) is 0 Å². The Morgan fingerprint density at radius 3 is 2.12 bits per heavy atom. The van der Waals surface area contributed by atoms with Gasteiger partial charge < -0.3 is 0 Å². The first kappa shape index (κ1) is 13.6. The molecule has 0 atom stereocenters. The normalized spacial score (nSPS) is 11.8. The lowest BCUT2D eigenvalue weighted by atomic mass is 10.1. The number of nitro groups is 1. The molecule has 0 aromatic heterocycles. The van der Waals surface area contributed by atoms with Crippen LogP contribution in [0.4, 0.5) is 5.69 Å². The van der Waals surface area contributed by atoms with Gasteiger partial charge in [-0.25, -0.2) is 12.7 Å². The lowest BCUT2D eigenvalue weighted by Crippen LogP contribution is -2.23. The SMILES string of the molecule is Cc1cc(C)c(S(=O)(=O)N(C)C)cc1[N+](=O)[O-]. The van der Waals surface area contributed by atoms with Gasteiger partial charge in [-0.2, -0.15) is 0 Å². The van der Waals surface area contributed by atoms with Crippen LogP contribution >= 0.6 is 0 Å². The molecular weight excluding hydrogens is 244 g/mol. The summed E-state index contributed by atoms with van der Waals surface area (Å²) in [5, 5.41) is 10.8. The third-order valence-corrected chi connectivity index (χ3v) is 4.41. The molecule has 0 bridgehead atoms. The predicted molar refractivity (Wildman–Crippen MR) is 63.4 cm³/mol. The van der Waals surface area contributed by atoms with Gasteiger partial charge in [-0.15, -0.1) is 0 Å². The number of hydrogen-bond donors (Lipinski definition) is 0. The van der Waals surface area contributed by atoms with Crippen LogP contribution in [0.25, 0.3) is 0 Å². The minimum atomic E-state index is -3.65. The zero-order valence-electron chi connectivity index (χ0n) is 10.1. The molecule has 94 valence electrons. The van der Waals surface area contributed by atoms with E-state index >= 15 is 0 Å². The highest BCUT2D eigenvalue weighted by atomic mass is 32.2. The molecule has 1 aromatic rings. The molecule has 0 saturated heterocycles. The molecule has 0 aliphatic rings. The molecule has 0 amide bonds. The lowest BCUT2D eigenvalue weighted by Gasteiger charge is -2.13. The maximum atomic E-state index is 11.9. The van der Waals surface area contributed by atoms with Crippen molar-refractivity contribution >= 4 is 15.7 Å². The molecule has 7 heteroatoms. The standard InChI is InChI=1S/C10H14N2O4S/c1-7-5-8(2)10(6-9(7)12(13)14)17(15,16)11(3)4/h5-6H,1-4H3. The van der Waals surface area contributed by atoms with Gasteiger partial charge in [0.2, 0.25) is 10.0 Å². The second-order valence-electron chi connectivity index (χ2n) is 3.95. The highest BCUT2D eigenvalue weighted by molar-refractivity contribution is 7.89. The summed E-state index contributed by atoms with van der Waals surface area (Å²) >= 11 is 0. The zero-order chi connectivity index (χ0) is 13.4. The number of benzene rings is 1. The Balaban J connectivity index is 3.57. The molecule has 17 heavy (non-hydrogen) atoms. The van der Waals surface area contributed by atoms with Crippen molar-refractivity contribution in [2.45, 2.75) is 18.7 Å². The van der Waals surface area contributed by atoms with E-state index in [9.17, 15) is 18.5 Å². The Kier molecular flexibility index (Phi) is 3.53. The van der Waals surface area contributed by atoms with Crippen LogP contribution in [0.3, 0.4) is 0 Å². The molecule has 1 rings (SSSR count). The maximum absolute atomic E-state index is 11.9. The quantitative estimate of drug-likeness (QED) is 0.607. The summed E-state index contributed by atoms with van der Waals surface area (Å²) < 4.78 is 24.9. The number of nitro benzene ring substituents is 1. The molecule has 0 radical (unpaired) electrons. The molecule has 0 N–H and O–H groups in total. The minimum absolute atomic E-state index is 0.0280. The van der Waals surface area contributed by atoms with E-state index in [0.717, 1.165) is 10.4 Å². The average Bonchev–Trinajstić information content (AvgIpc) is 2.15. The first-order chi connectivity index (χ1) is 7.67. The highest BCUT2D eigenvalue weighted by Crippen LogP contribution is 2.27. The maximum Gasteiger partial charge on any atom is 0.273 e. The molecule has 0 heterocycles. The summed E-state index contributed by atoms with van der Waals surface area (Å²) in [5.74, 6) is 0. The van der Waals surface area contributed by atoms with Crippen molar-refractivity contribution in [3.63, 3.8) is 0 Å². The molecular formula is C10H14N2O4S. The first-order valence-electron chi connectivity index (χ1n) is 4.86. The highest BCUT2D eigenvalue weighted by Gasteiger charge is 2.24. The van der Waals surface area contributed by atoms with Gasteiger partial charge in [-0.1, -0.05) is 0 Å². The number of aryl methyl sites for hydroxylation is 2. The summed E-state index contributed by atoms with van der Waals surface area (Å²) in [6, 6.07) is 2.62. The van der Waals surface area contributed by atoms with Gasteiger partial charge >= 0.3 is 0 Å². The summed E-state index contributed by atoms with van der Waals surface area (Å²) in [5.41, 5.74) is 0.767. The van der Waals surface area contributed by atoms with E-state index in [-0.39, 0.29) is 10.6 Å². The van der Waals surface area contributed by atoms with Crippen molar-refractivity contribution in [2.24, 2.45) is 0 Å². The monoisotopic (exact) mass is 258 g/mol. The van der Waals surface area contributed by atoms with Crippen LogP contribution in [0.2, 0.25) is 0 Å². The zero-order valence-corrected chi connectivity index (χ0v) is 10.9. The summed E-state index contributed by atoms with van der Waals surface area (Å²) in [6.07, 6.45) is 0. The van der Waals surface area contributed by atoms with Gasteiger partial charge in [0.1, 0.15) is 0 Å². The van der Waals surface area contributed by atoms with E-state index in [2.05, 4.69) is 0 Å².